The van der Waals surface area contributed by atoms with Crippen molar-refractivity contribution in [2.75, 3.05) is 43.9 Å². The highest BCUT2D eigenvalue weighted by Crippen LogP contribution is 2.08. The summed E-state index contributed by atoms with van der Waals surface area (Å²) in [6, 6.07) is 9.51. The molecule has 1 heterocycles. The molecule has 1 saturated heterocycles. The van der Waals surface area contributed by atoms with Crippen LogP contribution in [0, 0.1) is 0 Å². The fourth-order valence-electron chi connectivity index (χ4n) is 2.02. The lowest BCUT2D eigenvalue weighted by Gasteiger charge is -2.34. The number of rotatable bonds is 3. The number of alkyl halides is 1. The van der Waals surface area contributed by atoms with E-state index in [1.54, 1.807) is 0 Å². The third-order valence-electron chi connectivity index (χ3n) is 3.09. The number of nitrogens with zero attached hydrogens (tertiary/aromatic N) is 2. The summed E-state index contributed by atoms with van der Waals surface area (Å²) in [7, 11) is 0. The molecule has 0 saturated carbocycles. The van der Waals surface area contributed by atoms with Crippen LogP contribution in [-0.4, -0.2) is 54.4 Å². The number of piperazine rings is 1. The van der Waals surface area contributed by atoms with Gasteiger partial charge < -0.3 is 10.2 Å². The van der Waals surface area contributed by atoms with E-state index in [1.165, 1.54) is 0 Å². The molecular formula is C13H19Cl2N3O. The van der Waals surface area contributed by atoms with Gasteiger partial charge in [-0.2, -0.15) is 0 Å². The molecule has 1 aliphatic heterocycles. The number of para-hydroxylation sites is 1. The van der Waals surface area contributed by atoms with Crippen molar-refractivity contribution in [1.29, 1.82) is 0 Å². The van der Waals surface area contributed by atoms with Gasteiger partial charge in [-0.05, 0) is 12.1 Å². The van der Waals surface area contributed by atoms with E-state index in [1.807, 2.05) is 35.2 Å². The molecule has 1 aromatic carbocycles. The second-order valence-electron chi connectivity index (χ2n) is 4.31. The van der Waals surface area contributed by atoms with Gasteiger partial charge in [0.25, 0.3) is 0 Å². The van der Waals surface area contributed by atoms with Crippen molar-refractivity contribution in [1.82, 2.24) is 9.80 Å². The Morgan fingerprint density at radius 1 is 1.16 bits per heavy atom. The van der Waals surface area contributed by atoms with E-state index in [2.05, 4.69) is 10.2 Å². The topological polar surface area (TPSA) is 35.6 Å². The van der Waals surface area contributed by atoms with Gasteiger partial charge in [0.1, 0.15) is 0 Å². The Kier molecular flexibility index (Phi) is 6.99. The molecule has 0 aliphatic carbocycles. The Hall–Kier alpha value is -0.970. The highest BCUT2D eigenvalue weighted by atomic mass is 35.5. The van der Waals surface area contributed by atoms with E-state index in [0.29, 0.717) is 5.88 Å². The minimum Gasteiger partial charge on any atom is -0.322 e. The first kappa shape index (κ1) is 16.1. The molecule has 1 aromatic rings. The fourth-order valence-corrected chi connectivity index (χ4v) is 2.26. The second-order valence-corrected chi connectivity index (χ2v) is 4.69. The number of hydrogen-bond acceptors (Lipinski definition) is 2. The molecule has 0 spiro atoms. The van der Waals surface area contributed by atoms with Crippen LogP contribution in [0.5, 0.6) is 0 Å². The third-order valence-corrected chi connectivity index (χ3v) is 3.25. The smallest absolute Gasteiger partial charge is 0.321 e. The number of anilines is 1. The van der Waals surface area contributed by atoms with Crippen LogP contribution in [0.25, 0.3) is 0 Å². The van der Waals surface area contributed by atoms with Crippen LogP contribution < -0.4 is 5.32 Å². The summed E-state index contributed by atoms with van der Waals surface area (Å²) in [6.45, 7) is 4.21. The highest BCUT2D eigenvalue weighted by molar-refractivity contribution is 6.18. The SMILES string of the molecule is Cl.O=C(Nc1ccccc1)N1CCN(CCCl)CC1. The Morgan fingerprint density at radius 2 is 1.79 bits per heavy atom. The Balaban J connectivity index is 0.00000180. The third kappa shape index (κ3) is 4.90. The monoisotopic (exact) mass is 303 g/mol. The second kappa shape index (κ2) is 8.25. The van der Waals surface area contributed by atoms with Gasteiger partial charge in [0.05, 0.1) is 0 Å². The van der Waals surface area contributed by atoms with Gasteiger partial charge in [0, 0.05) is 44.3 Å². The van der Waals surface area contributed by atoms with Crippen LogP contribution in [0.2, 0.25) is 0 Å². The van der Waals surface area contributed by atoms with E-state index in [9.17, 15) is 4.79 Å². The Labute approximate surface area is 125 Å². The van der Waals surface area contributed by atoms with Gasteiger partial charge in [-0.3, -0.25) is 4.90 Å². The molecule has 19 heavy (non-hydrogen) atoms. The number of nitrogens with one attached hydrogen (secondary N) is 1. The summed E-state index contributed by atoms with van der Waals surface area (Å²) in [4.78, 5) is 16.1. The van der Waals surface area contributed by atoms with Crippen molar-refractivity contribution >= 4 is 35.7 Å². The number of urea groups is 1. The number of amides is 2. The number of benzene rings is 1. The van der Waals surface area contributed by atoms with Gasteiger partial charge in [-0.25, -0.2) is 4.79 Å². The van der Waals surface area contributed by atoms with Crippen LogP contribution in [0.15, 0.2) is 30.3 Å². The first-order valence-corrected chi connectivity index (χ1v) is 6.72. The molecule has 0 unspecified atom stereocenters. The lowest BCUT2D eigenvalue weighted by molar-refractivity contribution is 0.152. The van der Waals surface area contributed by atoms with Crippen LogP contribution in [0.1, 0.15) is 0 Å². The Bertz CT molecular complexity index is 381. The van der Waals surface area contributed by atoms with Gasteiger partial charge in [0.2, 0.25) is 0 Å². The van der Waals surface area contributed by atoms with E-state index >= 15 is 0 Å². The predicted molar refractivity (Wildman–Crippen MR) is 81.4 cm³/mol. The molecule has 2 rings (SSSR count). The number of halogens is 2. The Morgan fingerprint density at radius 3 is 2.37 bits per heavy atom. The fraction of sp³-hybridized carbons (Fsp3) is 0.462. The van der Waals surface area contributed by atoms with Gasteiger partial charge in [0.15, 0.2) is 0 Å². The highest BCUT2D eigenvalue weighted by Gasteiger charge is 2.20. The van der Waals surface area contributed by atoms with Crippen molar-refractivity contribution in [3.8, 4) is 0 Å². The maximum Gasteiger partial charge on any atom is 0.321 e. The molecule has 0 radical (unpaired) electrons. The van der Waals surface area contributed by atoms with Crippen molar-refractivity contribution in [2.24, 2.45) is 0 Å². The van der Waals surface area contributed by atoms with Gasteiger partial charge >= 0.3 is 6.03 Å². The summed E-state index contributed by atoms with van der Waals surface area (Å²) >= 11 is 5.71. The maximum atomic E-state index is 12.0. The molecule has 2 amide bonds. The predicted octanol–water partition coefficient (Wildman–Crippen LogP) is 2.50. The molecule has 6 heteroatoms. The molecular weight excluding hydrogens is 285 g/mol. The molecule has 4 nitrogen and oxygen atoms in total. The van der Waals surface area contributed by atoms with Crippen LogP contribution in [-0.2, 0) is 0 Å². The first-order chi connectivity index (χ1) is 8.79. The average Bonchev–Trinajstić information content (AvgIpc) is 2.41. The summed E-state index contributed by atoms with van der Waals surface area (Å²) < 4.78 is 0. The number of carbonyl (C=O) groups excluding carboxylic acids is 1. The van der Waals surface area contributed by atoms with E-state index in [-0.39, 0.29) is 18.4 Å². The summed E-state index contributed by atoms with van der Waals surface area (Å²) in [5.41, 5.74) is 0.839. The summed E-state index contributed by atoms with van der Waals surface area (Å²) in [5, 5.41) is 2.90. The van der Waals surface area contributed by atoms with Crippen molar-refractivity contribution < 1.29 is 4.79 Å². The zero-order valence-corrected chi connectivity index (χ0v) is 12.3. The first-order valence-electron chi connectivity index (χ1n) is 6.19. The van der Waals surface area contributed by atoms with Crippen molar-refractivity contribution in [3.63, 3.8) is 0 Å². The summed E-state index contributed by atoms with van der Waals surface area (Å²) in [5.74, 6) is 0.649. The number of carbonyl (C=O) groups is 1. The minimum atomic E-state index is -0.0216. The largest absolute Gasteiger partial charge is 0.322 e. The van der Waals surface area contributed by atoms with Crippen LogP contribution in [0.3, 0.4) is 0 Å². The van der Waals surface area contributed by atoms with Crippen LogP contribution >= 0.6 is 24.0 Å². The van der Waals surface area contributed by atoms with E-state index in [4.69, 9.17) is 11.6 Å². The standard InChI is InChI=1S/C13H18ClN3O.ClH/c14-6-7-16-8-10-17(11-9-16)13(18)15-12-4-2-1-3-5-12;/h1-5H,6-11H2,(H,15,18);1H. The van der Waals surface area contributed by atoms with Crippen molar-refractivity contribution in [2.45, 2.75) is 0 Å². The van der Waals surface area contributed by atoms with E-state index < -0.39 is 0 Å². The lowest BCUT2D eigenvalue weighted by atomic mass is 10.3. The maximum absolute atomic E-state index is 12.0. The zero-order valence-electron chi connectivity index (χ0n) is 10.7. The molecule has 1 N–H and O–H groups in total. The normalized spacial score (nSPS) is 15.7. The average molecular weight is 304 g/mol. The minimum absolute atomic E-state index is 0. The summed E-state index contributed by atoms with van der Waals surface area (Å²) in [6.07, 6.45) is 0. The molecule has 0 bridgehead atoms. The van der Waals surface area contributed by atoms with E-state index in [0.717, 1.165) is 38.4 Å². The van der Waals surface area contributed by atoms with Crippen LogP contribution in [0.4, 0.5) is 10.5 Å². The molecule has 0 aromatic heterocycles. The zero-order chi connectivity index (χ0) is 12.8. The quantitative estimate of drug-likeness (QED) is 0.871. The molecule has 106 valence electrons. The molecule has 0 atom stereocenters. The number of hydrogen-bond donors (Lipinski definition) is 1. The van der Waals surface area contributed by atoms with Gasteiger partial charge in [-0.1, -0.05) is 18.2 Å². The van der Waals surface area contributed by atoms with Crippen molar-refractivity contribution in [3.05, 3.63) is 30.3 Å². The molecule has 1 aliphatic rings. The lowest BCUT2D eigenvalue weighted by Crippen LogP contribution is -2.50. The van der Waals surface area contributed by atoms with Gasteiger partial charge in [-0.15, -0.1) is 24.0 Å². The molecule has 1 fully saturated rings.